The second-order valence-electron chi connectivity index (χ2n) is 10.0. The number of likely N-dealkylation sites (tertiary alicyclic amines) is 1. The smallest absolute Gasteiger partial charge is 0.407 e. The number of hydrogen-bond donors (Lipinski definition) is 2. The van der Waals surface area contributed by atoms with Gasteiger partial charge in [0.25, 0.3) is 0 Å². The highest BCUT2D eigenvalue weighted by Crippen LogP contribution is 2.15. The molecule has 1 fully saturated rings. The van der Waals surface area contributed by atoms with Crippen LogP contribution in [-0.2, 0) is 11.2 Å². The van der Waals surface area contributed by atoms with Gasteiger partial charge >= 0.3 is 17.8 Å². The number of benzene rings is 1. The molecule has 0 atom stereocenters. The third kappa shape index (κ3) is 7.50. The lowest BCUT2D eigenvalue weighted by molar-refractivity contribution is 0.0479. The average molecular weight is 508 g/mol. The van der Waals surface area contributed by atoms with Crippen LogP contribution in [0.3, 0.4) is 0 Å². The topological polar surface area (TPSA) is 123 Å². The number of amides is 2. The van der Waals surface area contributed by atoms with Crippen molar-refractivity contribution in [3.05, 3.63) is 71.3 Å². The van der Waals surface area contributed by atoms with Crippen molar-refractivity contribution >= 4 is 17.9 Å². The normalized spacial score (nSPS) is 14.8. The summed E-state index contributed by atoms with van der Waals surface area (Å²) in [4.78, 5) is 46.8. The first-order chi connectivity index (χ1) is 17.7. The van der Waals surface area contributed by atoms with E-state index in [1.165, 1.54) is 33.4 Å². The van der Waals surface area contributed by atoms with Gasteiger partial charge in [-0.3, -0.25) is 14.5 Å². The largest absolute Gasteiger partial charge is 0.444 e. The van der Waals surface area contributed by atoms with Crippen molar-refractivity contribution in [2.24, 2.45) is 0 Å². The Bertz CT molecular complexity index is 1260. The number of carbonyl (C=O) groups is 2. The molecule has 0 aliphatic carbocycles. The zero-order valence-corrected chi connectivity index (χ0v) is 21.4. The Morgan fingerprint density at radius 3 is 2.43 bits per heavy atom. The van der Waals surface area contributed by atoms with E-state index in [1.807, 2.05) is 45.0 Å². The predicted octanol–water partition coefficient (Wildman–Crippen LogP) is 3.04. The van der Waals surface area contributed by atoms with E-state index in [9.17, 15) is 14.4 Å². The van der Waals surface area contributed by atoms with Crippen molar-refractivity contribution in [1.29, 1.82) is 0 Å². The van der Waals surface area contributed by atoms with E-state index in [1.54, 1.807) is 12.3 Å². The average Bonchev–Trinajstić information content (AvgIpc) is 3.38. The Kier molecular flexibility index (Phi) is 8.02. The van der Waals surface area contributed by atoms with Crippen LogP contribution in [0.25, 0.3) is 5.69 Å². The van der Waals surface area contributed by atoms with Crippen LogP contribution in [0.5, 0.6) is 0 Å². The van der Waals surface area contributed by atoms with Crippen LogP contribution in [0.4, 0.5) is 15.4 Å². The number of aromatic nitrogens is 4. The molecule has 1 aliphatic heterocycles. The fraction of sp³-hybridized carbons (Fsp3) is 0.423. The molecular formula is C26H33N7O4. The molecule has 1 saturated heterocycles. The van der Waals surface area contributed by atoms with Crippen molar-refractivity contribution in [2.75, 3.05) is 25.0 Å². The minimum Gasteiger partial charge on any atom is -0.444 e. The van der Waals surface area contributed by atoms with Crippen molar-refractivity contribution in [3.8, 4) is 5.69 Å². The maximum Gasteiger partial charge on any atom is 0.407 e. The molecule has 2 N–H and O–H groups in total. The van der Waals surface area contributed by atoms with Crippen LogP contribution in [0.2, 0.25) is 0 Å². The van der Waals surface area contributed by atoms with Crippen LogP contribution in [0.15, 0.2) is 60.0 Å². The van der Waals surface area contributed by atoms with E-state index in [-0.39, 0.29) is 18.0 Å². The second kappa shape index (κ2) is 11.4. The van der Waals surface area contributed by atoms with Gasteiger partial charge in [-0.25, -0.2) is 19.4 Å². The maximum absolute atomic E-state index is 12.5. The standard InChI is InChI=1S/C26H33N7O4/c1-26(2,3)37-25(36)28-20-9-14-31(15-10-20)13-8-19-4-6-21(7-5-19)33-16-11-22(30-24(33)35)29-23(34)32-17-12-27-18-32/h4-7,11-12,16-18,20H,8-10,13-15H2,1-3H3,(H,28,36)(H,29,30,34,35). The Morgan fingerprint density at radius 1 is 1.08 bits per heavy atom. The van der Waals surface area contributed by atoms with Gasteiger partial charge < -0.3 is 15.0 Å². The Hall–Kier alpha value is -3.99. The highest BCUT2D eigenvalue weighted by molar-refractivity contribution is 5.89. The summed E-state index contributed by atoms with van der Waals surface area (Å²) < 4.78 is 8.04. The van der Waals surface area contributed by atoms with Gasteiger partial charge in [-0.1, -0.05) is 12.1 Å². The fourth-order valence-corrected chi connectivity index (χ4v) is 4.11. The quantitative estimate of drug-likeness (QED) is 0.526. The summed E-state index contributed by atoms with van der Waals surface area (Å²) in [5, 5.41) is 5.54. The lowest BCUT2D eigenvalue weighted by Gasteiger charge is -2.32. The number of alkyl carbamates (subject to hydrolysis) is 1. The highest BCUT2D eigenvalue weighted by atomic mass is 16.6. The number of anilines is 1. The Balaban J connectivity index is 1.25. The first-order valence-corrected chi connectivity index (χ1v) is 12.4. The highest BCUT2D eigenvalue weighted by Gasteiger charge is 2.23. The lowest BCUT2D eigenvalue weighted by atomic mass is 10.0. The number of ether oxygens (including phenoxy) is 1. The molecule has 196 valence electrons. The molecule has 11 nitrogen and oxygen atoms in total. The van der Waals surface area contributed by atoms with Gasteiger partial charge in [0.05, 0.1) is 5.69 Å². The number of piperidine rings is 1. The van der Waals surface area contributed by atoms with Gasteiger partial charge in [0.2, 0.25) is 0 Å². The third-order valence-electron chi connectivity index (χ3n) is 6.02. The first kappa shape index (κ1) is 26.1. The van der Waals surface area contributed by atoms with Gasteiger partial charge in [0.1, 0.15) is 17.7 Å². The molecule has 4 rings (SSSR count). The zero-order chi connectivity index (χ0) is 26.4. The molecular weight excluding hydrogens is 474 g/mol. The molecule has 1 aliphatic rings. The van der Waals surface area contributed by atoms with Crippen LogP contribution in [0.1, 0.15) is 39.2 Å². The molecule has 0 spiro atoms. The second-order valence-corrected chi connectivity index (χ2v) is 10.0. The lowest BCUT2D eigenvalue weighted by Crippen LogP contribution is -2.46. The van der Waals surface area contributed by atoms with Gasteiger partial charge in [-0.2, -0.15) is 4.98 Å². The number of nitrogens with zero attached hydrogens (tertiary/aromatic N) is 5. The summed E-state index contributed by atoms with van der Waals surface area (Å²) in [6.07, 6.45) is 8.27. The number of nitrogens with one attached hydrogen (secondary N) is 2. The van der Waals surface area contributed by atoms with Crippen molar-refractivity contribution in [1.82, 2.24) is 29.3 Å². The van der Waals surface area contributed by atoms with Crippen molar-refractivity contribution in [3.63, 3.8) is 0 Å². The molecule has 11 heteroatoms. The number of rotatable bonds is 6. The van der Waals surface area contributed by atoms with E-state index >= 15 is 0 Å². The SMILES string of the molecule is CC(C)(C)OC(=O)NC1CCN(CCc2ccc(-n3ccc(NC(=O)n4ccnc4)nc3=O)cc2)CC1. The minimum absolute atomic E-state index is 0.142. The zero-order valence-electron chi connectivity index (χ0n) is 21.4. The Morgan fingerprint density at radius 2 is 1.81 bits per heavy atom. The van der Waals surface area contributed by atoms with Gasteiger partial charge in [0, 0.05) is 44.3 Å². The summed E-state index contributed by atoms with van der Waals surface area (Å²) in [6.45, 7) is 8.34. The first-order valence-electron chi connectivity index (χ1n) is 12.4. The summed E-state index contributed by atoms with van der Waals surface area (Å²) >= 11 is 0. The molecule has 0 bridgehead atoms. The van der Waals surface area contributed by atoms with E-state index in [0.29, 0.717) is 5.69 Å². The van der Waals surface area contributed by atoms with E-state index < -0.39 is 17.3 Å². The van der Waals surface area contributed by atoms with Gasteiger partial charge in [-0.15, -0.1) is 0 Å². The van der Waals surface area contributed by atoms with Crippen LogP contribution < -0.4 is 16.3 Å². The number of carbonyl (C=O) groups excluding carboxylic acids is 2. The summed E-state index contributed by atoms with van der Waals surface area (Å²) in [5.41, 5.74) is 0.886. The van der Waals surface area contributed by atoms with Crippen LogP contribution >= 0.6 is 0 Å². The minimum atomic E-state index is -0.493. The molecule has 0 saturated carbocycles. The summed E-state index contributed by atoms with van der Waals surface area (Å²) in [7, 11) is 0. The van der Waals surface area contributed by atoms with Gasteiger partial charge in [0.15, 0.2) is 0 Å². The predicted molar refractivity (Wildman–Crippen MR) is 139 cm³/mol. The molecule has 2 amide bonds. The molecule has 0 radical (unpaired) electrons. The molecule has 37 heavy (non-hydrogen) atoms. The molecule has 2 aromatic heterocycles. The summed E-state index contributed by atoms with van der Waals surface area (Å²) in [5.74, 6) is 0.168. The molecule has 1 aromatic carbocycles. The molecule has 3 aromatic rings. The van der Waals surface area contributed by atoms with Crippen LogP contribution in [0, 0.1) is 0 Å². The molecule has 0 unspecified atom stereocenters. The van der Waals surface area contributed by atoms with E-state index in [2.05, 4.69) is 25.5 Å². The Labute approximate surface area is 215 Å². The number of hydrogen-bond acceptors (Lipinski definition) is 7. The van der Waals surface area contributed by atoms with Crippen molar-refractivity contribution in [2.45, 2.75) is 51.7 Å². The monoisotopic (exact) mass is 507 g/mol. The maximum atomic E-state index is 12.5. The summed E-state index contributed by atoms with van der Waals surface area (Å²) in [6, 6.07) is 9.06. The fourth-order valence-electron chi connectivity index (χ4n) is 4.11. The molecule has 3 heterocycles. The number of imidazole rings is 1. The third-order valence-corrected chi connectivity index (χ3v) is 6.02. The van der Waals surface area contributed by atoms with E-state index in [0.717, 1.165) is 38.9 Å². The van der Waals surface area contributed by atoms with Crippen molar-refractivity contribution < 1.29 is 14.3 Å². The van der Waals surface area contributed by atoms with E-state index in [4.69, 9.17) is 4.74 Å². The van der Waals surface area contributed by atoms with Gasteiger partial charge in [-0.05, 0) is 63.8 Å². The van der Waals surface area contributed by atoms with Crippen LogP contribution in [-0.4, -0.2) is 67.4 Å².